The maximum atomic E-state index is 12.2. The zero-order chi connectivity index (χ0) is 18.4. The maximum absolute atomic E-state index is 12.2. The minimum atomic E-state index is -0.482. The molecule has 2 rings (SSSR count). The number of aromatic hydroxyl groups is 1. The lowest BCUT2D eigenvalue weighted by Crippen LogP contribution is -2.28. The van der Waals surface area contributed by atoms with Gasteiger partial charge in [0.05, 0.1) is 25.5 Å². The highest BCUT2D eigenvalue weighted by Gasteiger charge is 2.15. The number of methoxy groups -OCH3 is 2. The fourth-order valence-corrected chi connectivity index (χ4v) is 2.31. The molecule has 0 radical (unpaired) electrons. The summed E-state index contributed by atoms with van der Waals surface area (Å²) >= 11 is 0. The van der Waals surface area contributed by atoms with Gasteiger partial charge in [-0.1, -0.05) is 18.2 Å². The minimum Gasteiger partial charge on any atom is -0.507 e. The molecular formula is C18H20N2O5. The number of nitrogens with one attached hydrogen (secondary N) is 2. The van der Waals surface area contributed by atoms with Gasteiger partial charge in [-0.15, -0.1) is 0 Å². The average molecular weight is 344 g/mol. The highest BCUT2D eigenvalue weighted by atomic mass is 16.5. The fourth-order valence-electron chi connectivity index (χ4n) is 2.31. The van der Waals surface area contributed by atoms with Gasteiger partial charge in [0.1, 0.15) is 17.2 Å². The highest BCUT2D eigenvalue weighted by Crippen LogP contribution is 2.32. The number of ketones is 1. The number of amides is 2. The van der Waals surface area contributed by atoms with Gasteiger partial charge in [0.25, 0.3) is 0 Å². The zero-order valence-corrected chi connectivity index (χ0v) is 14.3. The van der Waals surface area contributed by atoms with Gasteiger partial charge >= 0.3 is 6.03 Å². The van der Waals surface area contributed by atoms with Crippen LogP contribution in [-0.4, -0.2) is 31.1 Å². The second kappa shape index (κ2) is 8.05. The van der Waals surface area contributed by atoms with Crippen LogP contribution in [0, 0.1) is 0 Å². The number of rotatable bonds is 6. The maximum Gasteiger partial charge on any atom is 0.319 e. The molecule has 0 atom stereocenters. The molecule has 7 nitrogen and oxygen atoms in total. The molecule has 0 aromatic heterocycles. The van der Waals surface area contributed by atoms with Crippen LogP contribution in [0.5, 0.6) is 17.2 Å². The number of hydrogen-bond acceptors (Lipinski definition) is 5. The zero-order valence-electron chi connectivity index (χ0n) is 14.3. The summed E-state index contributed by atoms with van der Waals surface area (Å²) in [6, 6.07) is 9.51. The van der Waals surface area contributed by atoms with Crippen LogP contribution >= 0.6 is 0 Å². The fraction of sp³-hybridized carbons (Fsp3) is 0.222. The van der Waals surface area contributed by atoms with Crippen molar-refractivity contribution in [1.82, 2.24) is 5.32 Å². The largest absolute Gasteiger partial charge is 0.507 e. The lowest BCUT2D eigenvalue weighted by Gasteiger charge is -2.14. The van der Waals surface area contributed by atoms with E-state index in [-0.39, 0.29) is 35.1 Å². The molecule has 0 saturated carbocycles. The van der Waals surface area contributed by atoms with Crippen LogP contribution < -0.4 is 20.1 Å². The summed E-state index contributed by atoms with van der Waals surface area (Å²) in [7, 11) is 2.96. The van der Waals surface area contributed by atoms with Crippen molar-refractivity contribution in [2.24, 2.45) is 0 Å². The molecule has 0 saturated heterocycles. The van der Waals surface area contributed by atoms with E-state index in [1.54, 1.807) is 13.2 Å². The van der Waals surface area contributed by atoms with Crippen molar-refractivity contribution in [2.75, 3.05) is 19.5 Å². The molecule has 2 aromatic carbocycles. The van der Waals surface area contributed by atoms with Crippen LogP contribution in [0.15, 0.2) is 36.4 Å². The van der Waals surface area contributed by atoms with Crippen LogP contribution in [0.1, 0.15) is 22.8 Å². The number of carbonyl (C=O) groups is 2. The van der Waals surface area contributed by atoms with Crippen LogP contribution in [0.3, 0.4) is 0 Å². The normalized spacial score (nSPS) is 10.0. The third kappa shape index (κ3) is 4.41. The van der Waals surface area contributed by atoms with Crippen molar-refractivity contribution < 1.29 is 24.2 Å². The first-order valence-corrected chi connectivity index (χ1v) is 7.55. The Bertz CT molecular complexity index is 789. The first kappa shape index (κ1) is 18.1. The van der Waals surface area contributed by atoms with E-state index in [2.05, 4.69) is 10.6 Å². The second-order valence-corrected chi connectivity index (χ2v) is 5.25. The third-order valence-corrected chi connectivity index (χ3v) is 3.58. The Morgan fingerprint density at radius 3 is 2.40 bits per heavy atom. The standard InChI is InChI=1S/C18H20N2O5/c1-11(21)13-8-14(17(25-3)9-15(13)22)20-18(23)19-10-12-6-4-5-7-16(12)24-2/h4-9,22H,10H2,1-3H3,(H2,19,20,23). The third-order valence-electron chi connectivity index (χ3n) is 3.58. The monoisotopic (exact) mass is 344 g/mol. The van der Waals surface area contributed by atoms with E-state index in [4.69, 9.17) is 9.47 Å². The number of carbonyl (C=O) groups excluding carboxylic acids is 2. The van der Waals surface area contributed by atoms with E-state index in [0.717, 1.165) is 5.56 Å². The molecule has 7 heteroatoms. The smallest absolute Gasteiger partial charge is 0.319 e. The number of benzene rings is 2. The number of hydrogen-bond donors (Lipinski definition) is 3. The number of phenolic OH excluding ortho intramolecular Hbond substituents is 1. The van der Waals surface area contributed by atoms with Gasteiger partial charge in [0, 0.05) is 18.2 Å². The van der Waals surface area contributed by atoms with Crippen molar-refractivity contribution in [2.45, 2.75) is 13.5 Å². The molecule has 0 aliphatic heterocycles. The Hall–Kier alpha value is -3.22. The molecule has 25 heavy (non-hydrogen) atoms. The van der Waals surface area contributed by atoms with Gasteiger partial charge < -0.3 is 25.2 Å². The number of Topliss-reactive ketones (excluding diaryl/α,β-unsaturated/α-hetero) is 1. The number of ether oxygens (including phenoxy) is 2. The van der Waals surface area contributed by atoms with Crippen LogP contribution in [0.25, 0.3) is 0 Å². The minimum absolute atomic E-state index is 0.0980. The van der Waals surface area contributed by atoms with Gasteiger partial charge in [-0.3, -0.25) is 4.79 Å². The van der Waals surface area contributed by atoms with Gasteiger partial charge in [0.2, 0.25) is 0 Å². The van der Waals surface area contributed by atoms with Crippen LogP contribution in [0.2, 0.25) is 0 Å². The van der Waals surface area contributed by atoms with E-state index in [1.807, 2.05) is 18.2 Å². The van der Waals surface area contributed by atoms with Crippen molar-refractivity contribution in [1.29, 1.82) is 0 Å². The molecule has 0 spiro atoms. The molecule has 0 aliphatic rings. The molecule has 132 valence electrons. The molecule has 3 N–H and O–H groups in total. The topological polar surface area (TPSA) is 96.9 Å². The first-order chi connectivity index (χ1) is 12.0. The van der Waals surface area contributed by atoms with E-state index >= 15 is 0 Å². The molecule has 0 heterocycles. The Kier molecular flexibility index (Phi) is 5.84. The second-order valence-electron chi connectivity index (χ2n) is 5.25. The summed E-state index contributed by atoms with van der Waals surface area (Å²) in [5.41, 5.74) is 1.20. The Labute approximate surface area is 145 Å². The molecule has 0 fully saturated rings. The SMILES string of the molecule is COc1ccccc1CNC(=O)Nc1cc(C(C)=O)c(O)cc1OC. The number of urea groups is 1. The number of phenols is 1. The van der Waals surface area contributed by atoms with Crippen molar-refractivity contribution in [3.05, 3.63) is 47.5 Å². The molecular weight excluding hydrogens is 324 g/mol. The van der Waals surface area contributed by atoms with Crippen molar-refractivity contribution >= 4 is 17.5 Å². The quantitative estimate of drug-likeness (QED) is 0.553. The number of para-hydroxylation sites is 1. The molecule has 2 amide bonds. The Balaban J connectivity index is 2.12. The summed E-state index contributed by atoms with van der Waals surface area (Å²) in [4.78, 5) is 23.7. The molecule has 0 aliphatic carbocycles. The summed E-state index contributed by atoms with van der Waals surface area (Å²) in [6.45, 7) is 1.59. The molecule has 0 unspecified atom stereocenters. The Morgan fingerprint density at radius 1 is 1.08 bits per heavy atom. The highest BCUT2D eigenvalue weighted by molar-refractivity contribution is 6.00. The summed E-state index contributed by atoms with van der Waals surface area (Å²) in [6.07, 6.45) is 0. The van der Waals surface area contributed by atoms with E-state index < -0.39 is 6.03 Å². The lowest BCUT2D eigenvalue weighted by atomic mass is 10.1. The molecule has 0 bridgehead atoms. The van der Waals surface area contributed by atoms with Gasteiger partial charge in [-0.2, -0.15) is 0 Å². The summed E-state index contributed by atoms with van der Waals surface area (Å²) in [5.74, 6) is 0.390. The van der Waals surface area contributed by atoms with E-state index in [9.17, 15) is 14.7 Å². The average Bonchev–Trinajstić information content (AvgIpc) is 2.61. The predicted octanol–water partition coefficient (Wildman–Crippen LogP) is 2.93. The van der Waals surface area contributed by atoms with Crippen LogP contribution in [-0.2, 0) is 6.54 Å². The van der Waals surface area contributed by atoms with E-state index in [1.165, 1.54) is 26.2 Å². The van der Waals surface area contributed by atoms with Crippen molar-refractivity contribution in [3.8, 4) is 17.2 Å². The lowest BCUT2D eigenvalue weighted by molar-refractivity contribution is 0.101. The summed E-state index contributed by atoms with van der Waals surface area (Å²) in [5, 5.41) is 15.1. The molecule has 2 aromatic rings. The van der Waals surface area contributed by atoms with E-state index in [0.29, 0.717) is 5.75 Å². The summed E-state index contributed by atoms with van der Waals surface area (Å²) < 4.78 is 10.4. The van der Waals surface area contributed by atoms with Gasteiger partial charge in [-0.05, 0) is 19.1 Å². The first-order valence-electron chi connectivity index (χ1n) is 7.55. The Morgan fingerprint density at radius 2 is 1.76 bits per heavy atom. The van der Waals surface area contributed by atoms with Crippen molar-refractivity contribution in [3.63, 3.8) is 0 Å². The van der Waals surface area contributed by atoms with Gasteiger partial charge in [-0.25, -0.2) is 4.79 Å². The van der Waals surface area contributed by atoms with Gasteiger partial charge in [0.15, 0.2) is 5.78 Å². The number of anilines is 1. The van der Waals surface area contributed by atoms with Crippen LogP contribution in [0.4, 0.5) is 10.5 Å². The predicted molar refractivity (Wildman–Crippen MR) is 93.5 cm³/mol.